The smallest absolute Gasteiger partial charge is 0.307 e. The lowest BCUT2D eigenvalue weighted by molar-refractivity contribution is -0.146. The molecule has 2 N–H and O–H groups in total. The second-order valence-electron chi connectivity index (χ2n) is 4.23. The van der Waals surface area contributed by atoms with E-state index in [1.807, 2.05) is 6.92 Å². The van der Waals surface area contributed by atoms with Crippen molar-refractivity contribution in [2.45, 2.75) is 38.1 Å². The van der Waals surface area contributed by atoms with Crippen LogP contribution in [0.4, 0.5) is 0 Å². The molecule has 0 aliphatic rings. The molecule has 7 nitrogen and oxygen atoms in total. The molecule has 120 valence electrons. The molecular formula is C13H26O7. The van der Waals surface area contributed by atoms with E-state index in [-0.39, 0.29) is 19.6 Å². The van der Waals surface area contributed by atoms with E-state index in [9.17, 15) is 15.0 Å². The summed E-state index contributed by atoms with van der Waals surface area (Å²) in [6.07, 6.45) is -2.40. The summed E-state index contributed by atoms with van der Waals surface area (Å²) in [7, 11) is 2.81. The van der Waals surface area contributed by atoms with Gasteiger partial charge in [0, 0.05) is 20.3 Å². The van der Waals surface area contributed by atoms with Crippen LogP contribution in [0.3, 0.4) is 0 Å². The topological polar surface area (TPSA) is 94.5 Å². The predicted octanol–water partition coefficient (Wildman–Crippen LogP) is -0.270. The Labute approximate surface area is 119 Å². The molecule has 0 amide bonds. The molecule has 7 heteroatoms. The maximum atomic E-state index is 11.0. The highest BCUT2D eigenvalue weighted by Crippen LogP contribution is 2.09. The van der Waals surface area contributed by atoms with Crippen LogP contribution in [0, 0.1) is 0 Å². The number of esters is 1. The van der Waals surface area contributed by atoms with Crippen molar-refractivity contribution in [1.82, 2.24) is 0 Å². The molecule has 3 atom stereocenters. The number of ether oxygens (including phenoxy) is 4. The minimum atomic E-state index is -1.10. The van der Waals surface area contributed by atoms with Gasteiger partial charge in [0.05, 0.1) is 32.8 Å². The monoisotopic (exact) mass is 294 g/mol. The first-order valence-electron chi connectivity index (χ1n) is 6.68. The number of hydrogen-bond donors (Lipinski definition) is 2. The van der Waals surface area contributed by atoms with Crippen LogP contribution >= 0.6 is 0 Å². The van der Waals surface area contributed by atoms with Gasteiger partial charge in [0.2, 0.25) is 0 Å². The van der Waals surface area contributed by atoms with Crippen molar-refractivity contribution in [3.63, 3.8) is 0 Å². The summed E-state index contributed by atoms with van der Waals surface area (Å²) >= 11 is 0. The van der Waals surface area contributed by atoms with Gasteiger partial charge in [0.15, 0.2) is 0 Å². The molecule has 0 aliphatic carbocycles. The van der Waals surface area contributed by atoms with Gasteiger partial charge in [-0.2, -0.15) is 0 Å². The summed E-state index contributed by atoms with van der Waals surface area (Å²) in [5.41, 5.74) is 0. The minimum Gasteiger partial charge on any atom is -0.469 e. The van der Waals surface area contributed by atoms with Crippen molar-refractivity contribution in [3.8, 4) is 0 Å². The molecule has 0 aromatic carbocycles. The second-order valence-corrected chi connectivity index (χ2v) is 4.23. The van der Waals surface area contributed by atoms with Gasteiger partial charge in [-0.1, -0.05) is 0 Å². The fourth-order valence-corrected chi connectivity index (χ4v) is 1.53. The van der Waals surface area contributed by atoms with Gasteiger partial charge < -0.3 is 29.2 Å². The Bertz CT molecular complexity index is 247. The number of aliphatic hydroxyl groups excluding tert-OH is 2. The van der Waals surface area contributed by atoms with E-state index >= 15 is 0 Å². The lowest BCUT2D eigenvalue weighted by Gasteiger charge is -2.26. The maximum absolute atomic E-state index is 11.0. The van der Waals surface area contributed by atoms with E-state index < -0.39 is 24.3 Å². The van der Waals surface area contributed by atoms with Crippen LogP contribution in [-0.4, -0.2) is 75.1 Å². The zero-order chi connectivity index (χ0) is 15.4. The molecule has 0 aliphatic heterocycles. The van der Waals surface area contributed by atoms with Gasteiger partial charge in [-0.3, -0.25) is 4.79 Å². The Balaban J connectivity index is 4.25. The quantitative estimate of drug-likeness (QED) is 0.478. The molecule has 0 bridgehead atoms. The highest BCUT2D eigenvalue weighted by Gasteiger charge is 2.27. The highest BCUT2D eigenvalue weighted by molar-refractivity contribution is 5.69. The van der Waals surface area contributed by atoms with E-state index in [0.717, 1.165) is 0 Å². The lowest BCUT2D eigenvalue weighted by Crippen LogP contribution is -2.42. The van der Waals surface area contributed by atoms with Crippen LogP contribution in [0.25, 0.3) is 0 Å². The van der Waals surface area contributed by atoms with Crippen molar-refractivity contribution in [1.29, 1.82) is 0 Å². The molecule has 0 spiro atoms. The van der Waals surface area contributed by atoms with E-state index in [4.69, 9.17) is 14.2 Å². The van der Waals surface area contributed by atoms with E-state index in [0.29, 0.717) is 19.6 Å². The summed E-state index contributed by atoms with van der Waals surface area (Å²) in [6.45, 7) is 2.86. The number of carbonyl (C=O) groups excluding carboxylic acids is 1. The molecule has 0 radical (unpaired) electrons. The zero-order valence-corrected chi connectivity index (χ0v) is 12.4. The summed E-state index contributed by atoms with van der Waals surface area (Å²) in [5.74, 6) is -0.394. The van der Waals surface area contributed by atoms with Crippen LogP contribution < -0.4 is 0 Å². The maximum Gasteiger partial charge on any atom is 0.307 e. The minimum absolute atomic E-state index is 0.0833. The van der Waals surface area contributed by atoms with Crippen molar-refractivity contribution >= 4 is 5.97 Å². The van der Waals surface area contributed by atoms with Crippen LogP contribution in [-0.2, 0) is 23.7 Å². The van der Waals surface area contributed by atoms with Gasteiger partial charge in [0.25, 0.3) is 0 Å². The average Bonchev–Trinajstić information content (AvgIpc) is 2.47. The second kappa shape index (κ2) is 12.0. The Morgan fingerprint density at radius 3 is 2.45 bits per heavy atom. The zero-order valence-electron chi connectivity index (χ0n) is 12.4. The first-order chi connectivity index (χ1) is 9.56. The van der Waals surface area contributed by atoms with Crippen molar-refractivity contribution in [2.75, 3.05) is 40.6 Å². The lowest BCUT2D eigenvalue weighted by atomic mass is 10.1. The Morgan fingerprint density at radius 2 is 1.90 bits per heavy atom. The molecule has 1 unspecified atom stereocenters. The number of aliphatic hydroxyl groups is 2. The van der Waals surface area contributed by atoms with E-state index in [1.165, 1.54) is 14.2 Å². The van der Waals surface area contributed by atoms with Gasteiger partial charge in [-0.15, -0.1) is 0 Å². The van der Waals surface area contributed by atoms with Gasteiger partial charge in [-0.25, -0.2) is 0 Å². The third kappa shape index (κ3) is 8.44. The third-order valence-electron chi connectivity index (χ3n) is 2.74. The number of methoxy groups -OCH3 is 2. The Morgan fingerprint density at radius 1 is 1.20 bits per heavy atom. The Hall–Kier alpha value is -0.730. The first kappa shape index (κ1) is 19.3. The Kier molecular flexibility index (Phi) is 11.6. The number of carbonyl (C=O) groups is 1. The summed E-state index contributed by atoms with van der Waals surface area (Å²) in [6, 6.07) is 0. The van der Waals surface area contributed by atoms with Crippen molar-refractivity contribution < 1.29 is 34.0 Å². The fourth-order valence-electron chi connectivity index (χ4n) is 1.53. The molecule has 0 saturated heterocycles. The predicted molar refractivity (Wildman–Crippen MR) is 71.4 cm³/mol. The number of hydrogen-bond acceptors (Lipinski definition) is 7. The van der Waals surface area contributed by atoms with Crippen molar-refractivity contribution in [3.05, 3.63) is 0 Å². The molecule has 0 heterocycles. The van der Waals surface area contributed by atoms with Crippen LogP contribution in [0.15, 0.2) is 0 Å². The summed E-state index contributed by atoms with van der Waals surface area (Å²) in [5, 5.41) is 19.8. The van der Waals surface area contributed by atoms with Crippen molar-refractivity contribution in [2.24, 2.45) is 0 Å². The molecular weight excluding hydrogens is 268 g/mol. The third-order valence-corrected chi connectivity index (χ3v) is 2.74. The first-order valence-corrected chi connectivity index (χ1v) is 6.68. The number of rotatable bonds is 12. The highest BCUT2D eigenvalue weighted by atomic mass is 16.5. The fraction of sp³-hybridized carbons (Fsp3) is 0.923. The average molecular weight is 294 g/mol. The molecule has 0 aromatic heterocycles. The van der Waals surface area contributed by atoms with Crippen LogP contribution in [0.5, 0.6) is 0 Å². The van der Waals surface area contributed by atoms with E-state index in [1.54, 1.807) is 0 Å². The molecule has 0 saturated carbocycles. The summed E-state index contributed by atoms with van der Waals surface area (Å²) < 4.78 is 20.0. The standard InChI is InChI=1S/C13H26O7/c1-4-19-9-11(20-8-6-12(15)18-3)13(16)10(14)5-7-17-2/h10-11,13-14,16H,4-9H2,1-3H3/t10-,11-,13?/m1/s1. The van der Waals surface area contributed by atoms with Gasteiger partial charge in [-0.05, 0) is 13.3 Å². The van der Waals surface area contributed by atoms with Gasteiger partial charge in [0.1, 0.15) is 12.2 Å². The molecule has 0 rings (SSSR count). The van der Waals surface area contributed by atoms with Crippen LogP contribution in [0.1, 0.15) is 19.8 Å². The largest absolute Gasteiger partial charge is 0.469 e. The molecule has 0 fully saturated rings. The van der Waals surface area contributed by atoms with Gasteiger partial charge >= 0.3 is 5.97 Å². The normalized spacial score (nSPS) is 15.7. The van der Waals surface area contributed by atoms with E-state index in [2.05, 4.69) is 4.74 Å². The summed E-state index contributed by atoms with van der Waals surface area (Å²) in [4.78, 5) is 11.0. The SMILES string of the molecule is CCOC[C@@H](OCCC(=O)OC)C(O)[C@H](O)CCOC. The van der Waals surface area contributed by atoms with Crippen LogP contribution in [0.2, 0.25) is 0 Å². The molecule has 20 heavy (non-hydrogen) atoms. The molecule has 0 aromatic rings.